The average Bonchev–Trinajstić information content (AvgIpc) is 2.43. The number of hydrogen-bond acceptors (Lipinski definition) is 2. The fourth-order valence-electron chi connectivity index (χ4n) is 2.01. The highest BCUT2D eigenvalue weighted by atomic mass is 16.4. The number of amides is 2. The molecule has 0 spiro atoms. The Labute approximate surface area is 126 Å². The summed E-state index contributed by atoms with van der Waals surface area (Å²) in [6.07, 6.45) is 0.736. The number of carbonyl (C=O) groups is 2. The molecule has 0 aliphatic rings. The summed E-state index contributed by atoms with van der Waals surface area (Å²) in [6, 6.07) is 9.81. The van der Waals surface area contributed by atoms with Gasteiger partial charge in [0, 0.05) is 19.6 Å². The normalized spacial score (nSPS) is 10.4. The van der Waals surface area contributed by atoms with Gasteiger partial charge in [0.1, 0.15) is 0 Å². The first-order valence-electron chi connectivity index (χ1n) is 7.27. The number of nitrogens with zero attached hydrogens (tertiary/aromatic N) is 1. The zero-order valence-electron chi connectivity index (χ0n) is 12.7. The number of carboxylic acids is 1. The van der Waals surface area contributed by atoms with Gasteiger partial charge in [-0.2, -0.15) is 0 Å². The molecule has 2 N–H and O–H groups in total. The molecule has 0 unspecified atom stereocenters. The number of nitrogens with one attached hydrogen (secondary N) is 1. The van der Waals surface area contributed by atoms with E-state index in [1.165, 1.54) is 5.56 Å². The highest BCUT2D eigenvalue weighted by Crippen LogP contribution is 2.04. The van der Waals surface area contributed by atoms with Gasteiger partial charge in [0.05, 0.1) is 6.42 Å². The van der Waals surface area contributed by atoms with Crippen molar-refractivity contribution in [1.29, 1.82) is 0 Å². The molecule has 0 heterocycles. The lowest BCUT2D eigenvalue weighted by Gasteiger charge is -2.25. The van der Waals surface area contributed by atoms with E-state index in [2.05, 4.69) is 19.2 Å². The van der Waals surface area contributed by atoms with E-state index >= 15 is 0 Å². The van der Waals surface area contributed by atoms with Crippen LogP contribution in [0.5, 0.6) is 0 Å². The Bertz CT molecular complexity index is 446. The fraction of sp³-hybridized carbons (Fsp3) is 0.500. The van der Waals surface area contributed by atoms with Crippen molar-refractivity contribution in [3.05, 3.63) is 35.9 Å². The molecule has 1 rings (SSSR count). The molecule has 0 radical (unpaired) electrons. The predicted octanol–water partition coefficient (Wildman–Crippen LogP) is 2.37. The number of rotatable bonds is 8. The van der Waals surface area contributed by atoms with Crippen LogP contribution < -0.4 is 5.32 Å². The van der Waals surface area contributed by atoms with Gasteiger partial charge in [0.25, 0.3) is 0 Å². The summed E-state index contributed by atoms with van der Waals surface area (Å²) in [7, 11) is 0. The van der Waals surface area contributed by atoms with Crippen molar-refractivity contribution in [1.82, 2.24) is 10.2 Å². The SMILES string of the molecule is CC(C)CN(CCc1ccccc1)C(=O)NCCC(=O)O. The molecular formula is C16H24N2O3. The standard InChI is InChI=1S/C16H24N2O3/c1-13(2)12-18(16(21)17-10-8-15(19)20)11-9-14-6-4-3-5-7-14/h3-7,13H,8-12H2,1-2H3,(H,17,21)(H,19,20). The van der Waals surface area contributed by atoms with Crippen molar-refractivity contribution in [2.24, 2.45) is 5.92 Å². The number of carboxylic acid groups (broad SMARTS) is 1. The first-order valence-corrected chi connectivity index (χ1v) is 7.27. The number of urea groups is 1. The van der Waals surface area contributed by atoms with Gasteiger partial charge >= 0.3 is 12.0 Å². The van der Waals surface area contributed by atoms with Gasteiger partial charge in [0.15, 0.2) is 0 Å². The molecule has 0 aliphatic heterocycles. The predicted molar refractivity (Wildman–Crippen MR) is 82.2 cm³/mol. The van der Waals surface area contributed by atoms with Gasteiger partial charge in [-0.05, 0) is 17.9 Å². The van der Waals surface area contributed by atoms with Gasteiger partial charge in [-0.1, -0.05) is 44.2 Å². The van der Waals surface area contributed by atoms with Crippen LogP contribution in [0.25, 0.3) is 0 Å². The van der Waals surface area contributed by atoms with Crippen LogP contribution in [0.1, 0.15) is 25.8 Å². The van der Waals surface area contributed by atoms with Crippen molar-refractivity contribution < 1.29 is 14.7 Å². The minimum absolute atomic E-state index is 0.0556. The smallest absolute Gasteiger partial charge is 0.317 e. The zero-order chi connectivity index (χ0) is 15.7. The Morgan fingerprint density at radius 2 is 1.90 bits per heavy atom. The second-order valence-electron chi connectivity index (χ2n) is 5.45. The highest BCUT2D eigenvalue weighted by molar-refractivity contribution is 5.75. The molecule has 116 valence electrons. The third-order valence-electron chi connectivity index (χ3n) is 3.00. The lowest BCUT2D eigenvalue weighted by molar-refractivity contribution is -0.136. The number of hydrogen-bond donors (Lipinski definition) is 2. The van der Waals surface area contributed by atoms with E-state index in [1.807, 2.05) is 30.3 Å². The lowest BCUT2D eigenvalue weighted by Crippen LogP contribution is -2.43. The van der Waals surface area contributed by atoms with Gasteiger partial charge in [-0.3, -0.25) is 4.79 Å². The minimum Gasteiger partial charge on any atom is -0.481 e. The van der Waals surface area contributed by atoms with Crippen molar-refractivity contribution in [3.8, 4) is 0 Å². The maximum absolute atomic E-state index is 12.1. The van der Waals surface area contributed by atoms with Crippen LogP contribution >= 0.6 is 0 Å². The van der Waals surface area contributed by atoms with Gasteiger partial charge < -0.3 is 15.3 Å². The van der Waals surface area contributed by atoms with Gasteiger partial charge in [0.2, 0.25) is 0 Å². The summed E-state index contributed by atoms with van der Waals surface area (Å²) in [4.78, 5) is 24.3. The quantitative estimate of drug-likeness (QED) is 0.773. The van der Waals surface area contributed by atoms with Gasteiger partial charge in [-0.25, -0.2) is 4.79 Å². The second-order valence-corrected chi connectivity index (χ2v) is 5.45. The van der Waals surface area contributed by atoms with Crippen LogP contribution in [0.2, 0.25) is 0 Å². The summed E-state index contributed by atoms with van der Waals surface area (Å²) in [5, 5.41) is 11.3. The van der Waals surface area contributed by atoms with E-state index in [-0.39, 0.29) is 19.0 Å². The summed E-state index contributed by atoms with van der Waals surface area (Å²) in [5.74, 6) is -0.541. The molecule has 0 saturated carbocycles. The number of carbonyl (C=O) groups excluding carboxylic acids is 1. The summed E-state index contributed by atoms with van der Waals surface area (Å²) in [5.41, 5.74) is 1.18. The number of benzene rings is 1. The lowest BCUT2D eigenvalue weighted by atomic mass is 10.1. The van der Waals surface area contributed by atoms with Crippen LogP contribution in [-0.2, 0) is 11.2 Å². The van der Waals surface area contributed by atoms with E-state index in [1.54, 1.807) is 4.90 Å². The summed E-state index contributed by atoms with van der Waals surface area (Å²) in [6.45, 7) is 5.56. The third kappa shape index (κ3) is 7.34. The monoisotopic (exact) mass is 292 g/mol. The van der Waals surface area contributed by atoms with Crippen LogP contribution in [0.15, 0.2) is 30.3 Å². The molecule has 1 aromatic rings. The zero-order valence-corrected chi connectivity index (χ0v) is 12.7. The first-order chi connectivity index (χ1) is 9.99. The molecule has 0 bridgehead atoms. The average molecular weight is 292 g/mol. The minimum atomic E-state index is -0.907. The number of aliphatic carboxylic acids is 1. The molecule has 21 heavy (non-hydrogen) atoms. The third-order valence-corrected chi connectivity index (χ3v) is 3.00. The summed E-state index contributed by atoms with van der Waals surface area (Å²) < 4.78 is 0. The molecule has 5 heteroatoms. The second kappa shape index (κ2) is 9.00. The largest absolute Gasteiger partial charge is 0.481 e. The Morgan fingerprint density at radius 3 is 2.48 bits per heavy atom. The van der Waals surface area contributed by atoms with Crippen molar-refractivity contribution in [2.75, 3.05) is 19.6 Å². The van der Waals surface area contributed by atoms with Crippen molar-refractivity contribution in [3.63, 3.8) is 0 Å². The Kier molecular flexibility index (Phi) is 7.29. The highest BCUT2D eigenvalue weighted by Gasteiger charge is 2.14. The van der Waals surface area contributed by atoms with E-state index in [0.29, 0.717) is 19.0 Å². The first kappa shape index (κ1) is 17.0. The van der Waals surface area contributed by atoms with Crippen LogP contribution in [0, 0.1) is 5.92 Å². The van der Waals surface area contributed by atoms with Crippen LogP contribution in [0.4, 0.5) is 4.79 Å². The van der Waals surface area contributed by atoms with E-state index in [4.69, 9.17) is 5.11 Å². The van der Waals surface area contributed by atoms with Crippen LogP contribution in [0.3, 0.4) is 0 Å². The van der Waals surface area contributed by atoms with E-state index < -0.39 is 5.97 Å². The Hall–Kier alpha value is -2.04. The molecule has 5 nitrogen and oxygen atoms in total. The van der Waals surface area contributed by atoms with E-state index in [0.717, 1.165) is 6.42 Å². The van der Waals surface area contributed by atoms with Crippen molar-refractivity contribution >= 4 is 12.0 Å². The Balaban J connectivity index is 2.50. The maximum atomic E-state index is 12.1. The van der Waals surface area contributed by atoms with Crippen molar-refractivity contribution in [2.45, 2.75) is 26.7 Å². The molecular weight excluding hydrogens is 268 g/mol. The maximum Gasteiger partial charge on any atom is 0.317 e. The molecule has 0 aromatic heterocycles. The molecule has 1 aromatic carbocycles. The molecule has 0 fully saturated rings. The van der Waals surface area contributed by atoms with E-state index in [9.17, 15) is 9.59 Å². The van der Waals surface area contributed by atoms with Crippen LogP contribution in [-0.4, -0.2) is 41.6 Å². The topological polar surface area (TPSA) is 69.6 Å². The fourth-order valence-corrected chi connectivity index (χ4v) is 2.01. The molecule has 0 atom stereocenters. The molecule has 2 amide bonds. The molecule has 0 saturated heterocycles. The molecule has 0 aliphatic carbocycles. The Morgan fingerprint density at radius 1 is 1.24 bits per heavy atom. The van der Waals surface area contributed by atoms with Gasteiger partial charge in [-0.15, -0.1) is 0 Å². The summed E-state index contributed by atoms with van der Waals surface area (Å²) >= 11 is 0.